The van der Waals surface area contributed by atoms with Crippen molar-refractivity contribution in [1.82, 2.24) is 9.97 Å². The molecule has 3 nitrogen and oxygen atoms in total. The van der Waals surface area contributed by atoms with E-state index in [1.165, 1.54) is 10.3 Å². The number of para-hydroxylation sites is 1. The number of thiophene rings is 1. The summed E-state index contributed by atoms with van der Waals surface area (Å²) >= 11 is 1.72. The molecule has 0 fully saturated rings. The van der Waals surface area contributed by atoms with Gasteiger partial charge in [-0.25, -0.2) is 9.97 Å². The first-order valence-corrected chi connectivity index (χ1v) is 8.67. The summed E-state index contributed by atoms with van der Waals surface area (Å²) in [6.45, 7) is 4.09. The summed E-state index contributed by atoms with van der Waals surface area (Å²) in [5.74, 6) is 0. The van der Waals surface area contributed by atoms with Gasteiger partial charge in [0.1, 0.15) is 10.4 Å². The third-order valence-corrected chi connectivity index (χ3v) is 5.25. The van der Waals surface area contributed by atoms with Gasteiger partial charge in [0.15, 0.2) is 0 Å². The zero-order valence-corrected chi connectivity index (χ0v) is 14.1. The fourth-order valence-electron chi connectivity index (χ4n) is 3.17. The average Bonchev–Trinajstić information content (AvgIpc) is 3.12. The summed E-state index contributed by atoms with van der Waals surface area (Å²) < 4.78 is 6.09. The highest BCUT2D eigenvalue weighted by Crippen LogP contribution is 2.35. The van der Waals surface area contributed by atoms with Gasteiger partial charge in [0.05, 0.1) is 5.69 Å². The minimum absolute atomic E-state index is 0.686. The number of pyridine rings is 2. The highest BCUT2D eigenvalue weighted by atomic mass is 32.1. The van der Waals surface area contributed by atoms with Crippen LogP contribution in [0.3, 0.4) is 0 Å². The first-order valence-electron chi connectivity index (χ1n) is 7.85. The van der Waals surface area contributed by atoms with Crippen molar-refractivity contribution >= 4 is 43.6 Å². The Bertz CT molecular complexity index is 1230. The highest BCUT2D eigenvalue weighted by Gasteiger charge is 2.14. The number of aromatic nitrogens is 2. The Morgan fingerprint density at radius 3 is 2.75 bits per heavy atom. The summed E-state index contributed by atoms with van der Waals surface area (Å²) in [6.07, 6.45) is 0. The highest BCUT2D eigenvalue weighted by molar-refractivity contribution is 7.18. The minimum atomic E-state index is 0.686. The zero-order chi connectivity index (χ0) is 16.3. The van der Waals surface area contributed by atoms with Gasteiger partial charge in [-0.2, -0.15) is 0 Å². The molecule has 24 heavy (non-hydrogen) atoms. The van der Waals surface area contributed by atoms with Crippen LogP contribution in [0.2, 0.25) is 0 Å². The molecule has 0 saturated heterocycles. The first kappa shape index (κ1) is 13.7. The second-order valence-corrected chi connectivity index (χ2v) is 7.27. The number of nitrogens with zero attached hydrogens (tertiary/aromatic N) is 2. The van der Waals surface area contributed by atoms with Crippen LogP contribution in [0.4, 0.5) is 0 Å². The lowest BCUT2D eigenvalue weighted by molar-refractivity contribution is 0.653. The van der Waals surface area contributed by atoms with Crippen molar-refractivity contribution in [3.05, 3.63) is 59.1 Å². The van der Waals surface area contributed by atoms with E-state index >= 15 is 0 Å². The van der Waals surface area contributed by atoms with Crippen molar-refractivity contribution in [2.24, 2.45) is 0 Å². The molecule has 116 valence electrons. The summed E-state index contributed by atoms with van der Waals surface area (Å²) in [5, 5.41) is 3.32. The monoisotopic (exact) mass is 330 g/mol. The molecule has 4 heterocycles. The third kappa shape index (κ3) is 1.96. The molecule has 0 aliphatic heterocycles. The van der Waals surface area contributed by atoms with Crippen LogP contribution in [-0.2, 0) is 0 Å². The van der Waals surface area contributed by atoms with Crippen LogP contribution in [0.1, 0.15) is 10.6 Å². The van der Waals surface area contributed by atoms with Crippen LogP contribution < -0.4 is 0 Å². The van der Waals surface area contributed by atoms with Crippen LogP contribution in [0.5, 0.6) is 0 Å². The van der Waals surface area contributed by atoms with Crippen molar-refractivity contribution in [2.45, 2.75) is 13.8 Å². The van der Waals surface area contributed by atoms with E-state index in [1.807, 2.05) is 13.0 Å². The zero-order valence-electron chi connectivity index (χ0n) is 13.3. The lowest BCUT2D eigenvalue weighted by Gasteiger charge is -2.02. The van der Waals surface area contributed by atoms with Crippen molar-refractivity contribution in [3.8, 4) is 11.3 Å². The Labute approximate surface area is 142 Å². The summed E-state index contributed by atoms with van der Waals surface area (Å²) in [7, 11) is 0. The fourth-order valence-corrected chi connectivity index (χ4v) is 4.05. The Morgan fingerprint density at radius 1 is 0.917 bits per heavy atom. The quantitative estimate of drug-likeness (QED) is 0.385. The number of hydrogen-bond acceptors (Lipinski definition) is 4. The number of fused-ring (bicyclic) bond motifs is 4. The molecule has 5 aromatic rings. The molecular weight excluding hydrogens is 316 g/mol. The summed E-state index contributed by atoms with van der Waals surface area (Å²) in [6, 6.07) is 16.7. The van der Waals surface area contributed by atoms with Crippen molar-refractivity contribution < 1.29 is 4.42 Å². The van der Waals surface area contributed by atoms with E-state index in [0.717, 1.165) is 38.1 Å². The molecule has 0 radical (unpaired) electrons. The van der Waals surface area contributed by atoms with E-state index in [1.54, 1.807) is 11.3 Å². The van der Waals surface area contributed by atoms with E-state index in [4.69, 9.17) is 9.40 Å². The molecule has 0 atom stereocenters. The number of hydrogen-bond donors (Lipinski definition) is 0. The lowest BCUT2D eigenvalue weighted by atomic mass is 10.1. The Morgan fingerprint density at radius 2 is 1.83 bits per heavy atom. The summed E-state index contributed by atoms with van der Waals surface area (Å²) in [4.78, 5) is 11.7. The van der Waals surface area contributed by atoms with Crippen LogP contribution in [0, 0.1) is 13.8 Å². The van der Waals surface area contributed by atoms with Gasteiger partial charge in [-0.3, -0.25) is 0 Å². The van der Waals surface area contributed by atoms with Gasteiger partial charge in [-0.15, -0.1) is 11.3 Å². The molecule has 0 bridgehead atoms. The smallest absolute Gasteiger partial charge is 0.227 e. The molecule has 0 aliphatic rings. The van der Waals surface area contributed by atoms with Crippen LogP contribution in [0.15, 0.2) is 52.9 Å². The maximum atomic E-state index is 6.09. The predicted molar refractivity (Wildman–Crippen MR) is 99.6 cm³/mol. The predicted octanol–water partition coefficient (Wildman–Crippen LogP) is 5.87. The maximum absolute atomic E-state index is 6.09. The molecule has 0 amide bonds. The topological polar surface area (TPSA) is 38.9 Å². The van der Waals surface area contributed by atoms with Gasteiger partial charge in [-0.05, 0) is 50.2 Å². The molecule has 5 rings (SSSR count). The van der Waals surface area contributed by atoms with Crippen molar-refractivity contribution in [1.29, 1.82) is 0 Å². The molecule has 0 unspecified atom stereocenters. The van der Waals surface area contributed by atoms with Crippen LogP contribution in [-0.4, -0.2) is 9.97 Å². The van der Waals surface area contributed by atoms with Gasteiger partial charge in [-0.1, -0.05) is 12.1 Å². The molecule has 0 saturated carbocycles. The molecule has 4 aromatic heterocycles. The normalized spacial score (nSPS) is 11.8. The second kappa shape index (κ2) is 4.89. The van der Waals surface area contributed by atoms with Gasteiger partial charge < -0.3 is 4.42 Å². The van der Waals surface area contributed by atoms with E-state index in [9.17, 15) is 0 Å². The lowest BCUT2D eigenvalue weighted by Crippen LogP contribution is -1.83. The van der Waals surface area contributed by atoms with E-state index in [-0.39, 0.29) is 0 Å². The first-order chi connectivity index (χ1) is 11.7. The second-order valence-electron chi connectivity index (χ2n) is 6.04. The molecule has 4 heteroatoms. The Hall–Kier alpha value is -2.72. The SMILES string of the molecule is Cc1ccc2c(n1)oc1c(-c3ccc4cc(C)sc4n3)cccc12. The largest absolute Gasteiger partial charge is 0.437 e. The van der Waals surface area contributed by atoms with E-state index in [2.05, 4.69) is 54.4 Å². The third-order valence-electron chi connectivity index (χ3n) is 4.29. The number of benzene rings is 1. The van der Waals surface area contributed by atoms with E-state index in [0.29, 0.717) is 5.71 Å². The molecule has 0 N–H and O–H groups in total. The van der Waals surface area contributed by atoms with Gasteiger partial charge in [0.25, 0.3) is 0 Å². The van der Waals surface area contributed by atoms with Crippen LogP contribution in [0.25, 0.3) is 43.5 Å². The molecule has 0 spiro atoms. The van der Waals surface area contributed by atoms with Crippen LogP contribution >= 0.6 is 11.3 Å². The standard InChI is InChI=1S/C20H14N2OS/c1-11-6-8-15-14-4-3-5-16(18(14)23-19(15)21-11)17-9-7-13-10-12(2)24-20(13)22-17/h3-10H,1-2H3. The molecule has 0 aliphatic carbocycles. The van der Waals surface area contributed by atoms with Crippen molar-refractivity contribution in [2.75, 3.05) is 0 Å². The summed E-state index contributed by atoms with van der Waals surface area (Å²) in [5.41, 5.74) is 4.44. The van der Waals surface area contributed by atoms with Gasteiger partial charge in [0.2, 0.25) is 5.71 Å². The van der Waals surface area contributed by atoms with Gasteiger partial charge >= 0.3 is 0 Å². The molecule has 1 aromatic carbocycles. The Kier molecular flexibility index (Phi) is 2.79. The average molecular weight is 330 g/mol. The number of aryl methyl sites for hydroxylation is 2. The minimum Gasteiger partial charge on any atom is -0.437 e. The Balaban J connectivity index is 1.82. The van der Waals surface area contributed by atoms with E-state index < -0.39 is 0 Å². The van der Waals surface area contributed by atoms with Crippen molar-refractivity contribution in [3.63, 3.8) is 0 Å². The maximum Gasteiger partial charge on any atom is 0.227 e. The fraction of sp³-hybridized carbons (Fsp3) is 0.100. The molecular formula is C20H14N2OS. The number of furan rings is 1. The number of rotatable bonds is 1. The van der Waals surface area contributed by atoms with Gasteiger partial charge in [0, 0.05) is 32.3 Å².